The van der Waals surface area contributed by atoms with Crippen LogP contribution in [0.1, 0.15) is 32.8 Å². The molecule has 0 saturated heterocycles. The van der Waals surface area contributed by atoms with E-state index in [1.807, 2.05) is 24.5 Å². The van der Waals surface area contributed by atoms with Crippen molar-refractivity contribution >= 4 is 0 Å². The lowest BCUT2D eigenvalue weighted by Crippen LogP contribution is -2.04. The Morgan fingerprint density at radius 2 is 1.87 bits per heavy atom. The Morgan fingerprint density at radius 3 is 2.47 bits per heavy atom. The fourth-order valence-corrected chi connectivity index (χ4v) is 1.07. The summed E-state index contributed by atoms with van der Waals surface area (Å²) in [5.74, 6) is 0. The summed E-state index contributed by atoms with van der Waals surface area (Å²) in [4.78, 5) is 0. The molecule has 0 saturated carbocycles. The number of rotatable bonds is 5. The molecule has 0 unspecified atom stereocenters. The van der Waals surface area contributed by atoms with Crippen LogP contribution in [0.4, 0.5) is 0 Å². The van der Waals surface area contributed by atoms with Crippen molar-refractivity contribution in [1.82, 2.24) is 0 Å². The highest BCUT2D eigenvalue weighted by Gasteiger charge is 2.09. The summed E-state index contributed by atoms with van der Waals surface area (Å²) in [6, 6.07) is 10.2. The molecule has 0 amide bonds. The van der Waals surface area contributed by atoms with Crippen LogP contribution in [0.5, 0.6) is 0 Å². The summed E-state index contributed by atoms with van der Waals surface area (Å²) < 4.78 is 5.48. The van der Waals surface area contributed by atoms with Crippen molar-refractivity contribution in [2.45, 2.75) is 33.8 Å². The Balaban J connectivity index is 2.34. The van der Waals surface area contributed by atoms with Crippen molar-refractivity contribution < 1.29 is 4.74 Å². The first-order chi connectivity index (χ1) is 7.14. The quantitative estimate of drug-likeness (QED) is 0.654. The van der Waals surface area contributed by atoms with Crippen molar-refractivity contribution in [3.05, 3.63) is 48.2 Å². The van der Waals surface area contributed by atoms with Crippen LogP contribution in [0, 0.1) is 5.41 Å². The van der Waals surface area contributed by atoms with Crippen molar-refractivity contribution in [2.24, 2.45) is 5.41 Å². The molecule has 0 aliphatic heterocycles. The summed E-state index contributed by atoms with van der Waals surface area (Å²) in [7, 11) is 0. The standard InChI is InChI=1S/C14H20O/c1-4-14(2,3)10-11-15-12-13-8-6-5-7-9-13/h5-11H,4,12H2,1-3H3. The largest absolute Gasteiger partial charge is 0.497 e. The molecule has 1 aromatic carbocycles. The summed E-state index contributed by atoms with van der Waals surface area (Å²) >= 11 is 0. The maximum absolute atomic E-state index is 5.48. The molecule has 0 aliphatic carbocycles. The fraction of sp³-hybridized carbons (Fsp3) is 0.429. The van der Waals surface area contributed by atoms with Crippen LogP contribution < -0.4 is 0 Å². The molecule has 0 heterocycles. The first-order valence-electron chi connectivity index (χ1n) is 5.47. The maximum atomic E-state index is 5.48. The fourth-order valence-electron chi connectivity index (χ4n) is 1.07. The van der Waals surface area contributed by atoms with Crippen LogP contribution in [-0.4, -0.2) is 0 Å². The maximum Gasteiger partial charge on any atom is 0.112 e. The van der Waals surface area contributed by atoms with Gasteiger partial charge in [0.25, 0.3) is 0 Å². The summed E-state index contributed by atoms with van der Waals surface area (Å²) in [6.45, 7) is 7.24. The topological polar surface area (TPSA) is 9.23 Å². The minimum absolute atomic E-state index is 0.233. The van der Waals surface area contributed by atoms with Gasteiger partial charge in [0, 0.05) is 0 Å². The van der Waals surface area contributed by atoms with E-state index in [0.717, 1.165) is 6.42 Å². The van der Waals surface area contributed by atoms with Gasteiger partial charge in [-0.15, -0.1) is 0 Å². The van der Waals surface area contributed by atoms with Gasteiger partial charge in [0.2, 0.25) is 0 Å². The molecule has 15 heavy (non-hydrogen) atoms. The Kier molecular flexibility index (Phi) is 4.41. The first-order valence-corrected chi connectivity index (χ1v) is 5.47. The Hall–Kier alpha value is -1.24. The second-order valence-corrected chi connectivity index (χ2v) is 4.44. The Labute approximate surface area is 92.8 Å². The van der Waals surface area contributed by atoms with E-state index in [1.54, 1.807) is 0 Å². The normalized spacial score (nSPS) is 11.9. The average molecular weight is 204 g/mol. The summed E-state index contributed by atoms with van der Waals surface area (Å²) in [5.41, 5.74) is 1.44. The lowest BCUT2D eigenvalue weighted by atomic mass is 9.91. The third kappa shape index (κ3) is 4.68. The summed E-state index contributed by atoms with van der Waals surface area (Å²) in [5, 5.41) is 0. The van der Waals surface area contributed by atoms with Crippen molar-refractivity contribution in [1.29, 1.82) is 0 Å². The lowest BCUT2D eigenvalue weighted by Gasteiger charge is -2.16. The monoisotopic (exact) mass is 204 g/mol. The zero-order valence-corrected chi connectivity index (χ0v) is 9.86. The zero-order valence-electron chi connectivity index (χ0n) is 9.86. The molecule has 0 aromatic heterocycles. The van der Waals surface area contributed by atoms with E-state index < -0.39 is 0 Å². The molecule has 0 atom stereocenters. The second-order valence-electron chi connectivity index (χ2n) is 4.44. The van der Waals surface area contributed by atoms with Gasteiger partial charge in [-0.05, 0) is 23.5 Å². The van der Waals surface area contributed by atoms with Crippen molar-refractivity contribution in [3.63, 3.8) is 0 Å². The van der Waals surface area contributed by atoms with E-state index >= 15 is 0 Å². The van der Waals surface area contributed by atoms with Gasteiger partial charge in [0.1, 0.15) is 6.61 Å². The molecule has 0 radical (unpaired) electrons. The van der Waals surface area contributed by atoms with Gasteiger partial charge in [-0.2, -0.15) is 0 Å². The molecule has 0 aliphatic rings. The van der Waals surface area contributed by atoms with Crippen LogP contribution in [0.25, 0.3) is 0 Å². The van der Waals surface area contributed by atoms with Gasteiger partial charge in [0.05, 0.1) is 6.26 Å². The molecule has 0 fully saturated rings. The Bertz CT molecular complexity index is 298. The minimum atomic E-state index is 0.233. The molecular weight excluding hydrogens is 184 g/mol. The molecule has 0 N–H and O–H groups in total. The van der Waals surface area contributed by atoms with Crippen LogP contribution in [0.2, 0.25) is 0 Å². The Morgan fingerprint density at radius 1 is 1.20 bits per heavy atom. The zero-order chi connectivity index (χ0) is 11.1. The van der Waals surface area contributed by atoms with Gasteiger partial charge < -0.3 is 4.74 Å². The number of benzene rings is 1. The van der Waals surface area contributed by atoms with Gasteiger partial charge in [-0.25, -0.2) is 0 Å². The molecule has 1 nitrogen and oxygen atoms in total. The van der Waals surface area contributed by atoms with Gasteiger partial charge in [-0.3, -0.25) is 0 Å². The van der Waals surface area contributed by atoms with Crippen molar-refractivity contribution in [2.75, 3.05) is 0 Å². The first kappa shape index (κ1) is 11.8. The van der Waals surface area contributed by atoms with Crippen molar-refractivity contribution in [3.8, 4) is 0 Å². The van der Waals surface area contributed by atoms with E-state index in [-0.39, 0.29) is 5.41 Å². The predicted octanol–water partition coefficient (Wildman–Crippen LogP) is 4.15. The number of allylic oxidation sites excluding steroid dienone is 1. The van der Waals surface area contributed by atoms with Crippen LogP contribution >= 0.6 is 0 Å². The highest BCUT2D eigenvalue weighted by Crippen LogP contribution is 2.21. The number of hydrogen-bond donors (Lipinski definition) is 0. The lowest BCUT2D eigenvalue weighted by molar-refractivity contribution is 0.230. The van der Waals surface area contributed by atoms with Gasteiger partial charge in [0.15, 0.2) is 0 Å². The number of ether oxygens (including phenoxy) is 1. The van der Waals surface area contributed by atoms with Crippen LogP contribution in [-0.2, 0) is 11.3 Å². The highest BCUT2D eigenvalue weighted by atomic mass is 16.5. The second kappa shape index (κ2) is 5.59. The molecule has 1 rings (SSSR count). The van der Waals surface area contributed by atoms with Gasteiger partial charge >= 0.3 is 0 Å². The predicted molar refractivity (Wildman–Crippen MR) is 64.4 cm³/mol. The van der Waals surface area contributed by atoms with Gasteiger partial charge in [-0.1, -0.05) is 51.1 Å². The molecule has 1 heteroatoms. The summed E-state index contributed by atoms with van der Waals surface area (Å²) in [6.07, 6.45) is 5.06. The molecular formula is C14H20O. The molecule has 1 aromatic rings. The van der Waals surface area contributed by atoms with E-state index in [2.05, 4.69) is 39.0 Å². The van der Waals surface area contributed by atoms with E-state index in [1.165, 1.54) is 5.56 Å². The third-order valence-electron chi connectivity index (χ3n) is 2.62. The smallest absolute Gasteiger partial charge is 0.112 e. The molecule has 0 bridgehead atoms. The van der Waals surface area contributed by atoms with E-state index in [0.29, 0.717) is 6.61 Å². The SMILES string of the molecule is CCC(C)(C)C=COCc1ccccc1. The van der Waals surface area contributed by atoms with E-state index in [9.17, 15) is 0 Å². The minimum Gasteiger partial charge on any atom is -0.497 e. The van der Waals surface area contributed by atoms with E-state index in [4.69, 9.17) is 4.74 Å². The van der Waals surface area contributed by atoms with Crippen LogP contribution in [0.3, 0.4) is 0 Å². The highest BCUT2D eigenvalue weighted by molar-refractivity contribution is 5.13. The molecule has 0 spiro atoms. The number of hydrogen-bond acceptors (Lipinski definition) is 1. The molecule has 82 valence electrons. The average Bonchev–Trinajstić information content (AvgIpc) is 2.26. The van der Waals surface area contributed by atoms with Crippen LogP contribution in [0.15, 0.2) is 42.7 Å². The third-order valence-corrected chi connectivity index (χ3v) is 2.62.